The van der Waals surface area contributed by atoms with Crippen LogP contribution in [0.5, 0.6) is 11.5 Å². The molecule has 3 rings (SSSR count). The number of rotatable bonds is 8. The van der Waals surface area contributed by atoms with E-state index in [-0.39, 0.29) is 6.03 Å². The van der Waals surface area contributed by atoms with Crippen LogP contribution in [0.3, 0.4) is 0 Å². The Labute approximate surface area is 183 Å². The van der Waals surface area contributed by atoms with Gasteiger partial charge in [-0.2, -0.15) is 4.31 Å². The van der Waals surface area contributed by atoms with Crippen LogP contribution in [-0.2, 0) is 10.0 Å². The van der Waals surface area contributed by atoms with Crippen molar-refractivity contribution in [3.63, 3.8) is 0 Å². The van der Waals surface area contributed by atoms with Gasteiger partial charge in [0.2, 0.25) is 10.0 Å². The molecule has 0 aliphatic carbocycles. The van der Waals surface area contributed by atoms with Crippen LogP contribution < -0.4 is 20.1 Å². The summed E-state index contributed by atoms with van der Waals surface area (Å²) < 4.78 is 37.4. The standard InChI is InChI=1S/C22H29N3O5S/c1-29-18-8-9-21(30-2)20(16-18)24-22(26)23-13-10-17-11-14-25(15-12-17)31(27,28)19-6-4-3-5-7-19/h3-9,16-17H,10-15H2,1-2H3,(H2,23,24,26). The zero-order valence-corrected chi connectivity index (χ0v) is 18.7. The van der Waals surface area contributed by atoms with Gasteiger partial charge in [-0.15, -0.1) is 0 Å². The van der Waals surface area contributed by atoms with E-state index >= 15 is 0 Å². The van der Waals surface area contributed by atoms with Gasteiger partial charge in [-0.25, -0.2) is 13.2 Å². The van der Waals surface area contributed by atoms with Crippen LogP contribution in [0.15, 0.2) is 53.4 Å². The topological polar surface area (TPSA) is 97.0 Å². The van der Waals surface area contributed by atoms with E-state index in [9.17, 15) is 13.2 Å². The second-order valence-corrected chi connectivity index (χ2v) is 9.33. The fourth-order valence-electron chi connectivity index (χ4n) is 3.65. The summed E-state index contributed by atoms with van der Waals surface area (Å²) in [6.07, 6.45) is 2.35. The van der Waals surface area contributed by atoms with E-state index in [0.29, 0.717) is 47.6 Å². The fraction of sp³-hybridized carbons (Fsp3) is 0.409. The first-order chi connectivity index (χ1) is 14.9. The number of hydrogen-bond acceptors (Lipinski definition) is 5. The molecule has 2 aromatic carbocycles. The van der Waals surface area contributed by atoms with Crippen molar-refractivity contribution in [1.82, 2.24) is 9.62 Å². The smallest absolute Gasteiger partial charge is 0.319 e. The van der Waals surface area contributed by atoms with Gasteiger partial charge in [0.05, 0.1) is 24.8 Å². The number of hydrogen-bond donors (Lipinski definition) is 2. The Morgan fingerprint density at radius 3 is 2.42 bits per heavy atom. The zero-order chi connectivity index (χ0) is 22.3. The lowest BCUT2D eigenvalue weighted by molar-refractivity contribution is 0.245. The number of carbonyl (C=O) groups is 1. The van der Waals surface area contributed by atoms with Crippen molar-refractivity contribution < 1.29 is 22.7 Å². The molecule has 8 nitrogen and oxygen atoms in total. The Morgan fingerprint density at radius 2 is 1.77 bits per heavy atom. The summed E-state index contributed by atoms with van der Waals surface area (Å²) in [7, 11) is -0.340. The van der Waals surface area contributed by atoms with Crippen molar-refractivity contribution in [2.24, 2.45) is 5.92 Å². The maximum absolute atomic E-state index is 12.7. The van der Waals surface area contributed by atoms with Crippen LogP contribution in [0, 0.1) is 5.92 Å². The van der Waals surface area contributed by atoms with Crippen molar-refractivity contribution in [2.45, 2.75) is 24.2 Å². The quantitative estimate of drug-likeness (QED) is 0.647. The normalized spacial score (nSPS) is 15.3. The number of methoxy groups -OCH3 is 2. The van der Waals surface area contributed by atoms with Crippen molar-refractivity contribution in [3.8, 4) is 11.5 Å². The third kappa shape index (κ3) is 5.89. The van der Waals surface area contributed by atoms with Gasteiger partial charge in [0.15, 0.2) is 0 Å². The van der Waals surface area contributed by atoms with Crippen LogP contribution in [-0.4, -0.2) is 52.6 Å². The lowest BCUT2D eigenvalue weighted by Gasteiger charge is -2.31. The summed E-state index contributed by atoms with van der Waals surface area (Å²) in [5, 5.41) is 5.63. The number of benzene rings is 2. The molecule has 1 heterocycles. The van der Waals surface area contributed by atoms with E-state index < -0.39 is 10.0 Å². The van der Waals surface area contributed by atoms with E-state index in [1.165, 1.54) is 7.11 Å². The Bertz CT molecular complexity index is 974. The molecule has 1 aliphatic rings. The molecule has 1 fully saturated rings. The first kappa shape index (κ1) is 22.9. The molecule has 0 aromatic heterocycles. The first-order valence-electron chi connectivity index (χ1n) is 10.3. The minimum absolute atomic E-state index is 0.323. The minimum Gasteiger partial charge on any atom is -0.497 e. The lowest BCUT2D eigenvalue weighted by Crippen LogP contribution is -2.39. The lowest BCUT2D eigenvalue weighted by atomic mass is 9.95. The molecule has 0 atom stereocenters. The largest absolute Gasteiger partial charge is 0.497 e. The van der Waals surface area contributed by atoms with Gasteiger partial charge in [0, 0.05) is 25.7 Å². The second-order valence-electron chi connectivity index (χ2n) is 7.40. The highest BCUT2D eigenvalue weighted by atomic mass is 32.2. The van der Waals surface area contributed by atoms with Crippen LogP contribution in [0.25, 0.3) is 0 Å². The number of urea groups is 1. The molecule has 2 aromatic rings. The third-order valence-electron chi connectivity index (χ3n) is 5.45. The number of ether oxygens (including phenoxy) is 2. The summed E-state index contributed by atoms with van der Waals surface area (Å²) in [5.74, 6) is 1.53. The molecule has 1 aliphatic heterocycles. The van der Waals surface area contributed by atoms with Gasteiger partial charge in [0.25, 0.3) is 0 Å². The van der Waals surface area contributed by atoms with E-state index in [4.69, 9.17) is 9.47 Å². The average Bonchev–Trinajstić information content (AvgIpc) is 2.80. The fourth-order valence-corrected chi connectivity index (χ4v) is 5.14. The van der Waals surface area contributed by atoms with Gasteiger partial charge in [-0.05, 0) is 49.4 Å². The van der Waals surface area contributed by atoms with Crippen LogP contribution in [0.2, 0.25) is 0 Å². The molecular formula is C22H29N3O5S. The number of anilines is 1. The monoisotopic (exact) mass is 447 g/mol. The van der Waals surface area contributed by atoms with E-state index in [1.807, 2.05) is 0 Å². The number of sulfonamides is 1. The zero-order valence-electron chi connectivity index (χ0n) is 17.8. The van der Waals surface area contributed by atoms with Gasteiger partial charge >= 0.3 is 6.03 Å². The molecule has 0 spiro atoms. The predicted octanol–water partition coefficient (Wildman–Crippen LogP) is 3.32. The summed E-state index contributed by atoms with van der Waals surface area (Å²) in [5.41, 5.74) is 0.527. The Hall–Kier alpha value is -2.78. The van der Waals surface area contributed by atoms with Crippen molar-refractivity contribution in [2.75, 3.05) is 39.2 Å². The minimum atomic E-state index is -3.43. The van der Waals surface area contributed by atoms with Gasteiger partial charge in [-0.3, -0.25) is 0 Å². The molecule has 2 N–H and O–H groups in total. The number of piperidine rings is 1. The molecule has 1 saturated heterocycles. The van der Waals surface area contributed by atoms with Gasteiger partial charge < -0.3 is 20.1 Å². The SMILES string of the molecule is COc1ccc(OC)c(NC(=O)NCCC2CCN(S(=O)(=O)c3ccccc3)CC2)c1. The number of carbonyl (C=O) groups excluding carboxylic acids is 1. The third-order valence-corrected chi connectivity index (χ3v) is 7.36. The number of nitrogens with zero attached hydrogens (tertiary/aromatic N) is 1. The summed E-state index contributed by atoms with van der Waals surface area (Å²) in [6.45, 7) is 1.50. The van der Waals surface area contributed by atoms with Crippen LogP contribution in [0.4, 0.5) is 10.5 Å². The molecule has 168 valence electrons. The van der Waals surface area contributed by atoms with Crippen LogP contribution >= 0.6 is 0 Å². The molecule has 0 radical (unpaired) electrons. The van der Waals surface area contributed by atoms with Crippen molar-refractivity contribution in [1.29, 1.82) is 0 Å². The number of nitrogens with one attached hydrogen (secondary N) is 2. The van der Waals surface area contributed by atoms with Crippen molar-refractivity contribution in [3.05, 3.63) is 48.5 Å². The molecule has 2 amide bonds. The van der Waals surface area contributed by atoms with Gasteiger partial charge in [-0.1, -0.05) is 18.2 Å². The van der Waals surface area contributed by atoms with Crippen molar-refractivity contribution >= 4 is 21.7 Å². The Morgan fingerprint density at radius 1 is 1.06 bits per heavy atom. The maximum atomic E-state index is 12.7. The van der Waals surface area contributed by atoms with E-state index in [0.717, 1.165) is 19.3 Å². The van der Waals surface area contributed by atoms with E-state index in [2.05, 4.69) is 10.6 Å². The maximum Gasteiger partial charge on any atom is 0.319 e. The van der Waals surface area contributed by atoms with E-state index in [1.54, 1.807) is 59.9 Å². The second kappa shape index (κ2) is 10.5. The molecule has 0 saturated carbocycles. The average molecular weight is 448 g/mol. The Balaban J connectivity index is 1.44. The number of amides is 2. The highest BCUT2D eigenvalue weighted by Gasteiger charge is 2.29. The molecule has 0 bridgehead atoms. The van der Waals surface area contributed by atoms with Crippen LogP contribution in [0.1, 0.15) is 19.3 Å². The molecule has 9 heteroatoms. The summed E-state index contributed by atoms with van der Waals surface area (Å²) >= 11 is 0. The Kier molecular flexibility index (Phi) is 7.75. The van der Waals surface area contributed by atoms with Gasteiger partial charge in [0.1, 0.15) is 11.5 Å². The molecular weight excluding hydrogens is 418 g/mol. The predicted molar refractivity (Wildman–Crippen MR) is 119 cm³/mol. The molecule has 31 heavy (non-hydrogen) atoms. The summed E-state index contributed by atoms with van der Waals surface area (Å²) in [4.78, 5) is 12.6. The summed E-state index contributed by atoms with van der Waals surface area (Å²) in [6, 6.07) is 13.4. The first-order valence-corrected chi connectivity index (χ1v) is 11.7. The highest BCUT2D eigenvalue weighted by Crippen LogP contribution is 2.29. The highest BCUT2D eigenvalue weighted by molar-refractivity contribution is 7.89. The molecule has 0 unspecified atom stereocenters.